The van der Waals surface area contributed by atoms with E-state index in [1.165, 1.54) is 6.92 Å². The summed E-state index contributed by atoms with van der Waals surface area (Å²) < 4.78 is 65.5. The Labute approximate surface area is 114 Å². The van der Waals surface area contributed by atoms with Gasteiger partial charge in [-0.05, 0) is 42.8 Å². The van der Waals surface area contributed by atoms with E-state index in [9.17, 15) is 21.6 Å². The molecular weight excluding hydrogens is 291 g/mol. The van der Waals surface area contributed by atoms with Gasteiger partial charge in [0.15, 0.2) is 0 Å². The molecule has 0 aliphatic rings. The van der Waals surface area contributed by atoms with E-state index in [0.29, 0.717) is 0 Å². The first-order chi connectivity index (χ1) is 9.29. The zero-order chi connectivity index (χ0) is 14.9. The first kappa shape index (κ1) is 14.4. The lowest BCUT2D eigenvalue weighted by molar-refractivity contribution is 0.593. The Morgan fingerprint density at radius 2 is 1.55 bits per heavy atom. The first-order valence-electron chi connectivity index (χ1n) is 5.53. The normalized spacial score (nSPS) is 11.4. The third-order valence-corrected chi connectivity index (χ3v) is 4.12. The maximum Gasteiger partial charge on any atom is 0.262 e. The molecule has 0 aliphatic heterocycles. The summed E-state index contributed by atoms with van der Waals surface area (Å²) in [5.41, 5.74) is -0.344. The van der Waals surface area contributed by atoms with E-state index in [4.69, 9.17) is 0 Å². The van der Waals surface area contributed by atoms with Crippen molar-refractivity contribution in [2.24, 2.45) is 0 Å². The molecule has 0 unspecified atom stereocenters. The largest absolute Gasteiger partial charge is 0.277 e. The van der Waals surface area contributed by atoms with Crippen LogP contribution in [0.1, 0.15) is 5.56 Å². The highest BCUT2D eigenvalue weighted by Crippen LogP contribution is 2.22. The SMILES string of the molecule is Cc1cc(F)ccc1S(=O)(=O)Nc1cc(F)ccc1F. The lowest BCUT2D eigenvalue weighted by Gasteiger charge is -2.11. The van der Waals surface area contributed by atoms with Gasteiger partial charge in [0.1, 0.15) is 17.5 Å². The summed E-state index contributed by atoms with van der Waals surface area (Å²) in [5.74, 6) is -2.27. The number of hydrogen-bond donors (Lipinski definition) is 1. The molecule has 0 amide bonds. The van der Waals surface area contributed by atoms with E-state index in [1.807, 2.05) is 4.72 Å². The van der Waals surface area contributed by atoms with E-state index < -0.39 is 33.2 Å². The van der Waals surface area contributed by atoms with Crippen LogP contribution in [-0.4, -0.2) is 8.42 Å². The molecule has 0 fully saturated rings. The van der Waals surface area contributed by atoms with Gasteiger partial charge in [-0.25, -0.2) is 21.6 Å². The van der Waals surface area contributed by atoms with E-state index in [-0.39, 0.29) is 10.5 Å². The average molecular weight is 301 g/mol. The van der Waals surface area contributed by atoms with E-state index in [0.717, 1.165) is 36.4 Å². The fourth-order valence-corrected chi connectivity index (χ4v) is 2.98. The highest BCUT2D eigenvalue weighted by molar-refractivity contribution is 7.92. The number of anilines is 1. The van der Waals surface area contributed by atoms with E-state index in [1.54, 1.807) is 0 Å². The highest BCUT2D eigenvalue weighted by Gasteiger charge is 2.19. The Morgan fingerprint density at radius 1 is 0.950 bits per heavy atom. The fraction of sp³-hybridized carbons (Fsp3) is 0.0769. The van der Waals surface area contributed by atoms with E-state index in [2.05, 4.69) is 0 Å². The summed E-state index contributed by atoms with van der Waals surface area (Å²) >= 11 is 0. The minimum absolute atomic E-state index is 0.161. The minimum atomic E-state index is -4.12. The molecule has 0 heterocycles. The Bertz CT molecular complexity index is 760. The topological polar surface area (TPSA) is 46.2 Å². The van der Waals surface area contributed by atoms with Gasteiger partial charge in [0.05, 0.1) is 10.6 Å². The molecule has 106 valence electrons. The molecule has 0 saturated carbocycles. The molecule has 0 spiro atoms. The monoisotopic (exact) mass is 301 g/mol. The molecule has 3 nitrogen and oxygen atoms in total. The van der Waals surface area contributed by atoms with Gasteiger partial charge >= 0.3 is 0 Å². The van der Waals surface area contributed by atoms with Crippen LogP contribution in [0.2, 0.25) is 0 Å². The number of nitrogens with one attached hydrogen (secondary N) is 1. The lowest BCUT2D eigenvalue weighted by Crippen LogP contribution is -2.15. The van der Waals surface area contributed by atoms with Crippen LogP contribution in [-0.2, 0) is 10.0 Å². The van der Waals surface area contributed by atoms with Gasteiger partial charge in [-0.2, -0.15) is 0 Å². The van der Waals surface area contributed by atoms with Crippen LogP contribution in [0, 0.1) is 24.4 Å². The van der Waals surface area contributed by atoms with Crippen molar-refractivity contribution in [3.63, 3.8) is 0 Å². The number of sulfonamides is 1. The predicted molar refractivity (Wildman–Crippen MR) is 68.3 cm³/mol. The van der Waals surface area contributed by atoms with Crippen LogP contribution >= 0.6 is 0 Å². The third kappa shape index (κ3) is 2.93. The Hall–Kier alpha value is -2.02. The molecular formula is C13H10F3NO2S. The van der Waals surface area contributed by atoms with Crippen LogP contribution in [0.25, 0.3) is 0 Å². The summed E-state index contributed by atoms with van der Waals surface area (Å²) in [6, 6.07) is 5.48. The number of halogens is 3. The molecule has 7 heteroatoms. The average Bonchev–Trinajstić information content (AvgIpc) is 2.33. The van der Waals surface area contributed by atoms with Gasteiger partial charge in [-0.15, -0.1) is 0 Å². The summed E-state index contributed by atoms with van der Waals surface area (Å²) in [7, 11) is -4.12. The summed E-state index contributed by atoms with van der Waals surface area (Å²) in [6.07, 6.45) is 0. The Kier molecular flexibility index (Phi) is 3.71. The standard InChI is InChI=1S/C13H10F3NO2S/c1-8-6-9(14)3-5-13(8)20(18,19)17-12-7-10(15)2-4-11(12)16/h2-7,17H,1H3. The molecule has 1 N–H and O–H groups in total. The number of aryl methyl sites for hydroxylation is 1. The highest BCUT2D eigenvalue weighted by atomic mass is 32.2. The quantitative estimate of drug-likeness (QED) is 0.946. The molecule has 2 aromatic carbocycles. The molecule has 0 saturated heterocycles. The molecule has 0 aromatic heterocycles. The van der Waals surface area contributed by atoms with Crippen molar-refractivity contribution in [3.8, 4) is 0 Å². The van der Waals surface area contributed by atoms with Crippen LogP contribution in [0.4, 0.5) is 18.9 Å². The van der Waals surface area contributed by atoms with Gasteiger partial charge in [0, 0.05) is 6.07 Å². The van der Waals surface area contributed by atoms with Crippen LogP contribution in [0.3, 0.4) is 0 Å². The molecule has 20 heavy (non-hydrogen) atoms. The third-order valence-electron chi connectivity index (χ3n) is 2.60. The zero-order valence-electron chi connectivity index (χ0n) is 10.3. The Balaban J connectivity index is 2.43. The molecule has 2 aromatic rings. The van der Waals surface area contributed by atoms with Crippen molar-refractivity contribution in [1.82, 2.24) is 0 Å². The maximum absolute atomic E-state index is 13.4. The van der Waals surface area contributed by atoms with Crippen molar-refractivity contribution in [3.05, 3.63) is 59.4 Å². The van der Waals surface area contributed by atoms with Crippen molar-refractivity contribution in [2.75, 3.05) is 4.72 Å². The zero-order valence-corrected chi connectivity index (χ0v) is 11.1. The van der Waals surface area contributed by atoms with Crippen LogP contribution in [0.5, 0.6) is 0 Å². The first-order valence-corrected chi connectivity index (χ1v) is 7.02. The maximum atomic E-state index is 13.4. The minimum Gasteiger partial charge on any atom is -0.277 e. The molecule has 0 radical (unpaired) electrons. The second-order valence-electron chi connectivity index (χ2n) is 4.14. The van der Waals surface area contributed by atoms with Gasteiger partial charge < -0.3 is 0 Å². The van der Waals surface area contributed by atoms with Crippen molar-refractivity contribution < 1.29 is 21.6 Å². The Morgan fingerprint density at radius 3 is 2.20 bits per heavy atom. The van der Waals surface area contributed by atoms with Crippen LogP contribution < -0.4 is 4.72 Å². The molecule has 0 bridgehead atoms. The van der Waals surface area contributed by atoms with Crippen molar-refractivity contribution in [2.45, 2.75) is 11.8 Å². The smallest absolute Gasteiger partial charge is 0.262 e. The summed E-state index contributed by atoms with van der Waals surface area (Å²) in [6.45, 7) is 1.40. The summed E-state index contributed by atoms with van der Waals surface area (Å²) in [5, 5.41) is 0. The molecule has 2 rings (SSSR count). The molecule has 0 atom stereocenters. The predicted octanol–water partition coefficient (Wildman–Crippen LogP) is 3.21. The second-order valence-corrected chi connectivity index (χ2v) is 5.79. The van der Waals surface area contributed by atoms with Crippen LogP contribution in [0.15, 0.2) is 41.3 Å². The van der Waals surface area contributed by atoms with Crippen molar-refractivity contribution >= 4 is 15.7 Å². The van der Waals surface area contributed by atoms with Gasteiger partial charge in [-0.3, -0.25) is 4.72 Å². The second kappa shape index (κ2) is 5.16. The van der Waals surface area contributed by atoms with E-state index >= 15 is 0 Å². The summed E-state index contributed by atoms with van der Waals surface area (Å²) in [4.78, 5) is -0.206. The lowest BCUT2D eigenvalue weighted by atomic mass is 10.2. The number of benzene rings is 2. The fourth-order valence-electron chi connectivity index (χ4n) is 1.69. The van der Waals surface area contributed by atoms with Gasteiger partial charge in [0.2, 0.25) is 0 Å². The molecule has 0 aliphatic carbocycles. The van der Waals surface area contributed by atoms with Gasteiger partial charge in [0.25, 0.3) is 10.0 Å². The number of hydrogen-bond acceptors (Lipinski definition) is 2. The van der Waals surface area contributed by atoms with Gasteiger partial charge in [-0.1, -0.05) is 0 Å². The van der Waals surface area contributed by atoms with Crippen molar-refractivity contribution in [1.29, 1.82) is 0 Å². The number of rotatable bonds is 3.